The zero-order valence-electron chi connectivity index (χ0n) is 41.6. The fraction of sp³-hybridized carbons (Fsp3) is 0.280. The Balaban J connectivity index is 0.893. The maximum atomic E-state index is 14.3. The van der Waals surface area contributed by atoms with Crippen LogP contribution in [0.25, 0.3) is 11.4 Å². The van der Waals surface area contributed by atoms with Gasteiger partial charge in [0.15, 0.2) is 23.9 Å². The molecule has 30 heteroatoms. The lowest BCUT2D eigenvalue weighted by Gasteiger charge is -2.56. The third-order valence-corrected chi connectivity index (χ3v) is 14.1. The number of hydrogen-bond donors (Lipinski definition) is 13. The monoisotopic (exact) mass is 1110 g/mol. The van der Waals surface area contributed by atoms with Crippen molar-refractivity contribution in [3.63, 3.8) is 0 Å². The van der Waals surface area contributed by atoms with Crippen molar-refractivity contribution in [2.75, 3.05) is 46.6 Å². The van der Waals surface area contributed by atoms with E-state index >= 15 is 0 Å². The Morgan fingerprint density at radius 3 is 1.66 bits per heavy atom. The predicted octanol–water partition coefficient (Wildman–Crippen LogP) is -3.52. The van der Waals surface area contributed by atoms with Crippen LogP contribution < -0.4 is 46.3 Å². The lowest BCUT2D eigenvalue weighted by atomic mass is 9.85. The first-order valence-electron chi connectivity index (χ1n) is 24.0. The van der Waals surface area contributed by atoms with Crippen LogP contribution in [0.1, 0.15) is 72.3 Å². The SMILES string of the molecule is COc1ccc(-n2nc(C(N)=O)c3c2C(=O)N(c2ccc(N4C(=O)C(O)(O)C(O)(O)C(O)(OCOc5ccc(-n6nc(C(N)=O)c7c6C(=O)N(c6ccc(N8CCCCC8=O)cc6)CC7(N)O)cc5)C4(O)O)cc2)C(O)(O)C3)cc1. The number of aliphatic hydroxyl groups is 10. The number of nitrogens with two attached hydrogens (primary N) is 3. The summed E-state index contributed by atoms with van der Waals surface area (Å²) >= 11 is 0. The van der Waals surface area contributed by atoms with Gasteiger partial charge in [0.25, 0.3) is 41.2 Å². The molecule has 2 saturated heterocycles. The predicted molar refractivity (Wildman–Crippen MR) is 268 cm³/mol. The van der Waals surface area contributed by atoms with Crippen LogP contribution in [0.3, 0.4) is 0 Å². The number of anilines is 4. The van der Waals surface area contributed by atoms with Crippen molar-refractivity contribution in [1.29, 1.82) is 0 Å². The normalized spacial score (nSPS) is 22.0. The molecular weight excluding hydrogens is 1060 g/mol. The van der Waals surface area contributed by atoms with Crippen molar-refractivity contribution in [2.45, 2.75) is 60.6 Å². The third-order valence-electron chi connectivity index (χ3n) is 14.1. The molecule has 6 heterocycles. The molecule has 0 radical (unpaired) electrons. The number of piperidine rings is 2. The molecule has 10 rings (SSSR count). The van der Waals surface area contributed by atoms with Crippen molar-refractivity contribution in [2.24, 2.45) is 17.2 Å². The number of β-amino-alcohol motifs (C(OH)–C–C–N with tert-alkyl or cyclic N) is 1. The van der Waals surface area contributed by atoms with Gasteiger partial charge in [0, 0.05) is 41.3 Å². The van der Waals surface area contributed by atoms with E-state index < -0.39 is 107 Å². The molecule has 30 nitrogen and oxygen atoms in total. The second-order valence-electron chi connectivity index (χ2n) is 19.1. The molecule has 0 saturated carbocycles. The summed E-state index contributed by atoms with van der Waals surface area (Å²) in [4.78, 5) is 82.7. The third kappa shape index (κ3) is 8.37. The average molecular weight is 1110 g/mol. The van der Waals surface area contributed by atoms with Crippen molar-refractivity contribution in [3.05, 3.63) is 131 Å². The maximum absolute atomic E-state index is 14.3. The number of ether oxygens (including phenoxy) is 3. The first kappa shape index (κ1) is 54.6. The minimum absolute atomic E-state index is 0.0216. The molecule has 2 fully saturated rings. The topological polar surface area (TPSA) is 459 Å². The van der Waals surface area contributed by atoms with Crippen LogP contribution in [-0.4, -0.2) is 162 Å². The zero-order chi connectivity index (χ0) is 57.8. The van der Waals surface area contributed by atoms with Gasteiger partial charge < -0.3 is 86.5 Å². The van der Waals surface area contributed by atoms with E-state index in [1.165, 1.54) is 55.6 Å². The number of primary amides is 2. The minimum Gasteiger partial charge on any atom is -0.497 e. The fourth-order valence-electron chi connectivity index (χ4n) is 10.0. The van der Waals surface area contributed by atoms with Gasteiger partial charge in [-0.1, -0.05) is 0 Å². The summed E-state index contributed by atoms with van der Waals surface area (Å²) in [5.41, 5.74) is 12.7. The van der Waals surface area contributed by atoms with Gasteiger partial charge in [-0.25, -0.2) is 9.36 Å². The second kappa shape index (κ2) is 19.0. The molecule has 6 amide bonds. The summed E-state index contributed by atoms with van der Waals surface area (Å²) < 4.78 is 17.7. The molecule has 6 aromatic rings. The second-order valence-corrected chi connectivity index (χ2v) is 19.1. The molecule has 0 aliphatic carbocycles. The standard InChI is InChI=1S/C50H49N11O19/c1-78-31-17-13-29(14-18-31)60-38-33(36(54-60)40(51)63)22-46(69,70)58(43(38)66)27-9-11-28(12-10-27)59-44(67)47(71,72)48(73,74)49(75,50(59,76)77)80-24-79-32-19-15-30(16-20-32)61-39-35(37(55-61)41(52)64)45(53,68)23-57(42(39)65)26-7-5-25(6-8-26)56-21-3-2-4-34(56)62/h5-20,68-77H,2-4,21-24,53H2,1H3,(H2,51,63)(H2,52,64). The molecule has 80 heavy (non-hydrogen) atoms. The highest BCUT2D eigenvalue weighted by Gasteiger charge is 2.82. The lowest BCUT2D eigenvalue weighted by Crippen LogP contribution is -2.89. The van der Waals surface area contributed by atoms with E-state index in [2.05, 4.69) is 10.2 Å². The zero-order valence-corrected chi connectivity index (χ0v) is 41.6. The summed E-state index contributed by atoms with van der Waals surface area (Å²) in [6.07, 6.45) is 1.11. The largest absolute Gasteiger partial charge is 0.497 e. The Kier molecular flexibility index (Phi) is 12.9. The van der Waals surface area contributed by atoms with Gasteiger partial charge in [0.1, 0.15) is 22.9 Å². The number of fused-ring (bicyclic) bond motifs is 2. The summed E-state index contributed by atoms with van der Waals surface area (Å²) in [5, 5.41) is 121. The molecule has 418 valence electrons. The Labute approximate surface area is 449 Å². The molecule has 16 N–H and O–H groups in total. The van der Waals surface area contributed by atoms with Crippen molar-refractivity contribution in [1.82, 2.24) is 19.6 Å². The van der Waals surface area contributed by atoms with E-state index in [-0.39, 0.29) is 56.1 Å². The summed E-state index contributed by atoms with van der Waals surface area (Å²) in [7, 11) is 1.41. The highest BCUT2D eigenvalue weighted by molar-refractivity contribution is 6.12. The number of carbonyl (C=O) groups is 6. The summed E-state index contributed by atoms with van der Waals surface area (Å²) in [6.45, 7) is -1.46. The number of aromatic nitrogens is 4. The van der Waals surface area contributed by atoms with Crippen molar-refractivity contribution >= 4 is 58.2 Å². The van der Waals surface area contributed by atoms with Crippen LogP contribution in [-0.2, 0) is 26.5 Å². The van der Waals surface area contributed by atoms with E-state index in [1.54, 1.807) is 29.2 Å². The van der Waals surface area contributed by atoms with Crippen LogP contribution in [0.5, 0.6) is 11.5 Å². The molecule has 2 atom stereocenters. The van der Waals surface area contributed by atoms with Gasteiger partial charge >= 0.3 is 17.5 Å². The number of amides is 6. The molecule has 4 aliphatic rings. The number of methoxy groups -OCH3 is 1. The Bertz CT molecular complexity index is 3520. The summed E-state index contributed by atoms with van der Waals surface area (Å²) in [6, 6.07) is 20.5. The smallest absolute Gasteiger partial charge is 0.316 e. The van der Waals surface area contributed by atoms with Crippen LogP contribution in [0.15, 0.2) is 97.1 Å². The van der Waals surface area contributed by atoms with E-state index in [1.807, 2.05) is 0 Å². The molecule has 2 aromatic heterocycles. The highest BCUT2D eigenvalue weighted by Crippen LogP contribution is 2.48. The van der Waals surface area contributed by atoms with Gasteiger partial charge in [-0.05, 0) is 110 Å². The molecule has 4 aromatic carbocycles. The first-order valence-corrected chi connectivity index (χ1v) is 24.0. The van der Waals surface area contributed by atoms with E-state index in [0.717, 1.165) is 51.4 Å². The highest BCUT2D eigenvalue weighted by atomic mass is 16.8. The van der Waals surface area contributed by atoms with Crippen molar-refractivity contribution < 1.29 is 94.0 Å². The van der Waals surface area contributed by atoms with Gasteiger partial charge in [-0.3, -0.25) is 44.3 Å². The van der Waals surface area contributed by atoms with Crippen molar-refractivity contribution in [3.8, 4) is 22.9 Å². The van der Waals surface area contributed by atoms with E-state index in [4.69, 9.17) is 31.4 Å². The van der Waals surface area contributed by atoms with Gasteiger partial charge in [0.05, 0.1) is 37.0 Å². The Morgan fingerprint density at radius 2 is 1.11 bits per heavy atom. The number of nitrogens with zero attached hydrogens (tertiary/aromatic N) is 8. The molecule has 0 spiro atoms. The maximum Gasteiger partial charge on any atom is 0.316 e. The number of carbonyl (C=O) groups excluding carboxylic acids is 6. The van der Waals surface area contributed by atoms with E-state index in [9.17, 15) is 79.8 Å². The number of benzene rings is 4. The lowest BCUT2D eigenvalue weighted by molar-refractivity contribution is -0.517. The first-order chi connectivity index (χ1) is 37.6. The average Bonchev–Trinajstić information content (AvgIpc) is 4.13. The molecule has 2 unspecified atom stereocenters. The number of hydrogen-bond acceptors (Lipinski definition) is 22. The number of rotatable bonds is 13. The fourth-order valence-corrected chi connectivity index (χ4v) is 10.0. The van der Waals surface area contributed by atoms with Gasteiger partial charge in [-0.2, -0.15) is 10.2 Å². The quantitative estimate of drug-likeness (QED) is 0.0499. The van der Waals surface area contributed by atoms with E-state index in [0.29, 0.717) is 29.3 Å². The van der Waals surface area contributed by atoms with Gasteiger partial charge in [0.2, 0.25) is 5.91 Å². The van der Waals surface area contributed by atoms with Crippen LogP contribution in [0.2, 0.25) is 0 Å². The van der Waals surface area contributed by atoms with Crippen LogP contribution in [0.4, 0.5) is 22.7 Å². The Morgan fingerprint density at radius 1 is 0.613 bits per heavy atom. The molecule has 0 bridgehead atoms. The van der Waals surface area contributed by atoms with Crippen LogP contribution in [0, 0.1) is 0 Å². The van der Waals surface area contributed by atoms with Crippen LogP contribution >= 0.6 is 0 Å². The Hall–Kier alpha value is -8.76. The molecule has 4 aliphatic heterocycles. The molecular formula is C50H49N11O19. The van der Waals surface area contributed by atoms with Gasteiger partial charge in [-0.15, -0.1) is 0 Å². The minimum atomic E-state index is -4.71. The summed E-state index contributed by atoms with van der Waals surface area (Å²) in [5.74, 6) is -27.6.